The van der Waals surface area contributed by atoms with E-state index in [1.807, 2.05) is 109 Å². The van der Waals surface area contributed by atoms with E-state index in [0.29, 0.717) is 45.3 Å². The molecule has 0 spiro atoms. The molecule has 0 atom stereocenters. The average molecular weight is 1330 g/mol. The lowest BCUT2D eigenvalue weighted by atomic mass is 9.33. The van der Waals surface area contributed by atoms with E-state index >= 15 is 0 Å². The second-order valence-corrected chi connectivity index (χ2v) is 30.1. The Morgan fingerprint density at radius 3 is 1.26 bits per heavy atom. The molecule has 0 radical (unpaired) electrons. The van der Waals surface area contributed by atoms with Gasteiger partial charge in [0, 0.05) is 66.5 Å². The fraction of sp³-hybridized carbons (Fsp3) is 0.125. The van der Waals surface area contributed by atoms with Gasteiger partial charge in [0.05, 0.1) is 66.4 Å². The van der Waals surface area contributed by atoms with Crippen molar-refractivity contribution in [2.24, 2.45) is 0 Å². The maximum absolute atomic E-state index is 10.2. The first-order chi connectivity index (χ1) is 56.1. The number of fused-ring (bicyclic) bond motifs is 13. The van der Waals surface area contributed by atoms with Gasteiger partial charge in [-0.05, 0) is 168 Å². The van der Waals surface area contributed by atoms with Crippen LogP contribution < -0.4 is 26.2 Å². The van der Waals surface area contributed by atoms with Crippen LogP contribution in [-0.2, 0) is 16.2 Å². The maximum atomic E-state index is 10.2. The second kappa shape index (κ2) is 22.8. The SMILES string of the molecule is [2H]c1c([2H])c([2H])c2c(c1[2H])c1c([2H])c([2H])c([2H])c([2H])c1n2-c1ccc2c(c1)N(c1c(-c3ccccc3)cc(C(C)(C)C)cc1-c1ccccc1)c1cc(-n3c4c([2H])c([2H])c([2H])c([2H])c4c4c([2H])c([2H])c([2H])c([2H])c43)cc3c1B2c1ccc(-c2cc(C(C)(C)C)cc(C(C)(C)C)c2)cc1N3c1cc(-c2ccccc2)cc2oc3ccccc3c12. The normalized spacial score (nSPS) is 15.3. The lowest BCUT2D eigenvalue weighted by molar-refractivity contribution is 0.569. The first-order valence-electron chi connectivity index (χ1n) is 42.7. The average Bonchev–Trinajstić information content (AvgIpc) is 1.42. The molecule has 3 aromatic heterocycles. The van der Waals surface area contributed by atoms with E-state index in [-0.39, 0.29) is 65.8 Å². The van der Waals surface area contributed by atoms with Gasteiger partial charge in [0.25, 0.3) is 6.71 Å². The Hall–Kier alpha value is -11.9. The van der Waals surface area contributed by atoms with E-state index in [1.165, 1.54) is 4.57 Å². The molecule has 0 aliphatic carbocycles. The molecule has 2 aliphatic rings. The van der Waals surface area contributed by atoms with Crippen molar-refractivity contribution in [3.63, 3.8) is 0 Å². The smallest absolute Gasteiger partial charge is 0.252 e. The summed E-state index contributed by atoms with van der Waals surface area (Å²) in [5.41, 5.74) is 15.9. The van der Waals surface area contributed by atoms with Gasteiger partial charge in [0.2, 0.25) is 0 Å². The molecule has 0 saturated heterocycles. The Bertz CT molecular complexity index is 7030. The highest BCUT2D eigenvalue weighted by molar-refractivity contribution is 7.00. The zero-order valence-corrected chi connectivity index (χ0v) is 57.9. The summed E-state index contributed by atoms with van der Waals surface area (Å²) in [5, 5.41) is 1.11. The fourth-order valence-electron chi connectivity index (χ4n) is 15.7. The quantitative estimate of drug-likeness (QED) is 0.142. The monoisotopic (exact) mass is 1330 g/mol. The number of anilines is 6. The van der Waals surface area contributed by atoms with Gasteiger partial charge < -0.3 is 23.4 Å². The number of rotatable bonds is 8. The molecule has 490 valence electrons. The Morgan fingerprint density at radius 2 is 0.735 bits per heavy atom. The van der Waals surface area contributed by atoms with Crippen LogP contribution in [0.25, 0.3) is 121 Å². The molecule has 0 N–H and O–H groups in total. The largest absolute Gasteiger partial charge is 0.456 e. The molecule has 0 unspecified atom stereocenters. The topological polar surface area (TPSA) is 29.5 Å². The molecular weight excluding hydrogens is 1240 g/mol. The van der Waals surface area contributed by atoms with Crippen molar-refractivity contribution < 1.29 is 26.3 Å². The molecule has 19 rings (SSSR count). The summed E-state index contributed by atoms with van der Waals surface area (Å²) in [6.45, 7) is 19.0. The Kier molecular flexibility index (Phi) is 10.4. The molecule has 102 heavy (non-hydrogen) atoms. The van der Waals surface area contributed by atoms with Crippen molar-refractivity contribution in [3.05, 3.63) is 320 Å². The molecule has 0 bridgehead atoms. The zero-order valence-electron chi connectivity index (χ0n) is 73.9. The first-order valence-corrected chi connectivity index (χ1v) is 34.7. The van der Waals surface area contributed by atoms with Crippen LogP contribution in [0.15, 0.2) is 307 Å². The van der Waals surface area contributed by atoms with Gasteiger partial charge in [-0.15, -0.1) is 0 Å². The van der Waals surface area contributed by atoms with Crippen molar-refractivity contribution in [3.8, 4) is 55.9 Å². The Morgan fingerprint density at radius 1 is 0.314 bits per heavy atom. The van der Waals surface area contributed by atoms with E-state index in [0.717, 1.165) is 88.4 Å². The van der Waals surface area contributed by atoms with Crippen molar-refractivity contribution in [1.82, 2.24) is 9.13 Å². The number of hydrogen-bond acceptors (Lipinski definition) is 3. The van der Waals surface area contributed by atoms with Gasteiger partial charge in [0.15, 0.2) is 0 Å². The molecule has 0 fully saturated rings. The summed E-state index contributed by atoms with van der Waals surface area (Å²) in [6.07, 6.45) is 0. The number of benzene rings is 14. The second-order valence-electron chi connectivity index (χ2n) is 30.1. The minimum Gasteiger partial charge on any atom is -0.456 e. The van der Waals surface area contributed by atoms with Crippen LogP contribution in [0.5, 0.6) is 0 Å². The third kappa shape index (κ3) is 9.67. The van der Waals surface area contributed by atoms with Crippen LogP contribution >= 0.6 is 0 Å². The summed E-state index contributed by atoms with van der Waals surface area (Å²) in [6, 6.07) is 61.3. The highest BCUT2D eigenvalue weighted by atomic mass is 16.3. The van der Waals surface area contributed by atoms with Gasteiger partial charge in [-0.25, -0.2) is 0 Å². The highest BCUT2D eigenvalue weighted by Gasteiger charge is 2.46. The first kappa shape index (κ1) is 46.5. The van der Waals surface area contributed by atoms with E-state index in [2.05, 4.69) is 169 Å². The standard InChI is InChI=1S/C96H77BN4O/c1-94(2,3)66-49-64(50-67(54-66)95(4,5)6)63-45-47-78-84(51-63)100(86-52-65(60-29-13-10-14-30-60)53-90-91(86)75-39-23-28-44-89(75)102-90)87-58-70(99-82-42-26-21-37-73(82)74-38-22-27-43-83(74)99)59-88-92(87)97(78)79-48-46-69(98-80-40-24-19-35-71(80)72-36-20-25-41-81(72)98)57-85(79)101(88)93-76(61-31-15-11-16-32-61)55-68(96(7,8)9)56-77(93)62-33-17-12-18-34-62/h10-59H,1-9H3/i19D,20D,21D,22D,24D,25D,26D,27D,35D,36D,37D,38D,40D,41D,42D,43D. The number of aromatic nitrogens is 2. The highest BCUT2D eigenvalue weighted by Crippen LogP contribution is 2.55. The lowest BCUT2D eigenvalue weighted by Gasteiger charge is -2.45. The van der Waals surface area contributed by atoms with Crippen LogP contribution in [0.4, 0.5) is 34.1 Å². The molecule has 17 aromatic rings. The van der Waals surface area contributed by atoms with E-state index in [9.17, 15) is 19.2 Å². The van der Waals surface area contributed by atoms with Gasteiger partial charge in [0.1, 0.15) is 11.2 Å². The molecule has 5 heterocycles. The third-order valence-electron chi connectivity index (χ3n) is 20.8. The molecule has 0 amide bonds. The fourth-order valence-corrected chi connectivity index (χ4v) is 15.7. The lowest BCUT2D eigenvalue weighted by Crippen LogP contribution is -2.61. The Labute approximate surface area is 619 Å². The van der Waals surface area contributed by atoms with Crippen LogP contribution in [0.1, 0.15) is 101 Å². The van der Waals surface area contributed by atoms with Gasteiger partial charge >= 0.3 is 0 Å². The molecule has 5 nitrogen and oxygen atoms in total. The van der Waals surface area contributed by atoms with Crippen molar-refractivity contribution in [1.29, 1.82) is 0 Å². The number of hydrogen-bond donors (Lipinski definition) is 0. The van der Waals surface area contributed by atoms with Crippen molar-refractivity contribution >= 4 is 123 Å². The molecule has 6 heteroatoms. The predicted molar refractivity (Wildman–Crippen MR) is 434 cm³/mol. The van der Waals surface area contributed by atoms with Gasteiger partial charge in [-0.1, -0.05) is 280 Å². The number of furan rings is 1. The third-order valence-corrected chi connectivity index (χ3v) is 20.8. The van der Waals surface area contributed by atoms with Gasteiger partial charge in [-0.3, -0.25) is 0 Å². The summed E-state index contributed by atoms with van der Waals surface area (Å²) in [7, 11) is 0. The molecule has 0 saturated carbocycles. The summed E-state index contributed by atoms with van der Waals surface area (Å²) < 4.78 is 164. The van der Waals surface area contributed by atoms with Crippen LogP contribution in [0.2, 0.25) is 0 Å². The molecule has 2 aliphatic heterocycles. The molecular formula is C96H77BN4O. The molecule has 14 aromatic carbocycles. The minimum atomic E-state index is -0.797. The van der Waals surface area contributed by atoms with E-state index in [1.54, 1.807) is 4.57 Å². The van der Waals surface area contributed by atoms with Gasteiger partial charge in [-0.2, -0.15) is 0 Å². The minimum absolute atomic E-state index is 0.0857. The maximum Gasteiger partial charge on any atom is 0.252 e. The summed E-state index contributed by atoms with van der Waals surface area (Å²) in [4.78, 5) is 4.47. The van der Waals surface area contributed by atoms with E-state index in [4.69, 9.17) is 7.16 Å². The van der Waals surface area contributed by atoms with Crippen molar-refractivity contribution in [2.75, 3.05) is 9.80 Å². The van der Waals surface area contributed by atoms with Crippen LogP contribution in [0.3, 0.4) is 0 Å². The zero-order chi connectivity index (χ0) is 83.0. The summed E-state index contributed by atoms with van der Waals surface area (Å²) >= 11 is 0. The summed E-state index contributed by atoms with van der Waals surface area (Å²) in [5.74, 6) is 0. The van der Waals surface area contributed by atoms with Crippen LogP contribution in [0, 0.1) is 0 Å². The Balaban J connectivity index is 1.08. The van der Waals surface area contributed by atoms with Crippen LogP contribution in [-0.4, -0.2) is 15.8 Å². The number of para-hydroxylation sites is 5. The predicted octanol–water partition coefficient (Wildman–Crippen LogP) is 24.4. The number of nitrogens with zero attached hydrogens (tertiary/aromatic N) is 4. The van der Waals surface area contributed by atoms with E-state index < -0.39 is 109 Å². The van der Waals surface area contributed by atoms with Crippen molar-refractivity contribution in [2.45, 2.75) is 78.6 Å².